The van der Waals surface area contributed by atoms with Gasteiger partial charge in [0, 0.05) is 50.6 Å². The maximum absolute atomic E-state index is 12.1. The summed E-state index contributed by atoms with van der Waals surface area (Å²) in [4.78, 5) is 47.1. The lowest BCUT2D eigenvalue weighted by atomic mass is 10.1. The van der Waals surface area contributed by atoms with Crippen molar-refractivity contribution in [2.24, 2.45) is 11.5 Å². The second-order valence-electron chi connectivity index (χ2n) is 11.1. The first-order chi connectivity index (χ1) is 20.0. The summed E-state index contributed by atoms with van der Waals surface area (Å²) >= 11 is 0. The lowest BCUT2D eigenvalue weighted by molar-refractivity contribution is -0.122. The number of unbranched alkanes of at least 4 members (excludes halogenated alkanes) is 2. The smallest absolute Gasteiger partial charge is 0.234 e. The van der Waals surface area contributed by atoms with Crippen LogP contribution in [-0.4, -0.2) is 89.1 Å². The van der Waals surface area contributed by atoms with Crippen LogP contribution < -0.4 is 32.7 Å². The van der Waals surface area contributed by atoms with E-state index >= 15 is 0 Å². The van der Waals surface area contributed by atoms with Crippen molar-refractivity contribution in [3.63, 3.8) is 0 Å². The van der Waals surface area contributed by atoms with E-state index in [1.165, 1.54) is 0 Å². The normalized spacial score (nSPS) is 12.8. The molecule has 42 heavy (non-hydrogen) atoms. The number of nitrogens with one attached hydrogen (secondary N) is 4. The molecule has 8 N–H and O–H groups in total. The molecule has 14 nitrogen and oxygen atoms in total. The first-order valence-electron chi connectivity index (χ1n) is 15.1. The molecule has 240 valence electrons. The van der Waals surface area contributed by atoms with Crippen molar-refractivity contribution in [1.82, 2.24) is 36.3 Å². The van der Waals surface area contributed by atoms with Crippen molar-refractivity contribution in [3.05, 3.63) is 11.9 Å². The number of amides is 4. The van der Waals surface area contributed by atoms with Crippen LogP contribution in [0.25, 0.3) is 0 Å². The van der Waals surface area contributed by atoms with Crippen LogP contribution in [0.5, 0.6) is 0 Å². The number of nitrogens with two attached hydrogens (primary N) is 2. The molecule has 1 aromatic rings. The minimum Gasteiger partial charge on any atom is -0.379 e. The molecule has 4 amide bonds. The number of hydrogen-bond acceptors (Lipinski definition) is 9. The minimum absolute atomic E-state index is 0.0593. The summed E-state index contributed by atoms with van der Waals surface area (Å²) in [6.07, 6.45) is 7.21. The average molecular weight is 596 g/mol. The van der Waals surface area contributed by atoms with Gasteiger partial charge in [-0.3, -0.25) is 19.2 Å². The molecule has 0 aliphatic heterocycles. The molecule has 2 atom stereocenters. The van der Waals surface area contributed by atoms with E-state index in [0.29, 0.717) is 58.5 Å². The Morgan fingerprint density at radius 2 is 1.33 bits per heavy atom. The van der Waals surface area contributed by atoms with Gasteiger partial charge in [0.2, 0.25) is 23.6 Å². The molecule has 0 aromatic carbocycles. The molecule has 0 spiro atoms. The third-order valence-electron chi connectivity index (χ3n) is 6.37. The fourth-order valence-electron chi connectivity index (χ4n) is 4.23. The van der Waals surface area contributed by atoms with E-state index in [0.717, 1.165) is 31.4 Å². The second kappa shape index (κ2) is 21.6. The maximum Gasteiger partial charge on any atom is 0.234 e. The van der Waals surface area contributed by atoms with Crippen molar-refractivity contribution < 1.29 is 23.9 Å². The molecule has 0 fully saturated rings. The van der Waals surface area contributed by atoms with Gasteiger partial charge in [0.05, 0.1) is 37.5 Å². The number of ether oxygens (including phenoxy) is 1. The van der Waals surface area contributed by atoms with E-state index < -0.39 is 0 Å². The average Bonchev–Trinajstić information content (AvgIpc) is 3.37. The molecule has 0 bridgehead atoms. The fourth-order valence-corrected chi connectivity index (χ4v) is 4.23. The van der Waals surface area contributed by atoms with Gasteiger partial charge < -0.3 is 37.5 Å². The number of aromatic nitrogens is 3. The lowest BCUT2D eigenvalue weighted by Crippen LogP contribution is -2.44. The Labute approximate surface area is 249 Å². The zero-order chi connectivity index (χ0) is 31.3. The van der Waals surface area contributed by atoms with Crippen molar-refractivity contribution in [2.75, 3.05) is 26.3 Å². The molecular formula is C28H53N9O5. The van der Waals surface area contributed by atoms with Crippen LogP contribution in [-0.2, 0) is 36.9 Å². The van der Waals surface area contributed by atoms with Gasteiger partial charge in [0.15, 0.2) is 0 Å². The Bertz CT molecular complexity index is 939. The van der Waals surface area contributed by atoms with Gasteiger partial charge in [-0.05, 0) is 38.5 Å². The van der Waals surface area contributed by atoms with E-state index in [1.54, 1.807) is 10.9 Å². The van der Waals surface area contributed by atoms with Crippen molar-refractivity contribution in [2.45, 2.75) is 116 Å². The third-order valence-corrected chi connectivity index (χ3v) is 6.37. The van der Waals surface area contributed by atoms with Crippen LogP contribution in [0.2, 0.25) is 0 Å². The summed E-state index contributed by atoms with van der Waals surface area (Å²) in [7, 11) is 0. The van der Waals surface area contributed by atoms with E-state index in [4.69, 9.17) is 16.2 Å². The number of hydrogen-bond donors (Lipinski definition) is 6. The van der Waals surface area contributed by atoms with Gasteiger partial charge in [-0.2, -0.15) is 0 Å². The molecule has 0 radical (unpaired) electrons. The number of primary amides is 2. The first-order valence-corrected chi connectivity index (χ1v) is 15.1. The summed E-state index contributed by atoms with van der Waals surface area (Å²) < 4.78 is 7.20. The zero-order valence-electron chi connectivity index (χ0n) is 25.8. The van der Waals surface area contributed by atoms with Crippen molar-refractivity contribution in [3.8, 4) is 0 Å². The quantitative estimate of drug-likeness (QED) is 0.0832. The van der Waals surface area contributed by atoms with Gasteiger partial charge in [-0.15, -0.1) is 5.10 Å². The summed E-state index contributed by atoms with van der Waals surface area (Å²) in [5.41, 5.74) is 11.6. The molecule has 1 aromatic heterocycles. The van der Waals surface area contributed by atoms with Crippen molar-refractivity contribution in [1.29, 1.82) is 0 Å². The molecule has 0 saturated carbocycles. The van der Waals surface area contributed by atoms with Crippen molar-refractivity contribution >= 4 is 23.6 Å². The Morgan fingerprint density at radius 1 is 0.810 bits per heavy atom. The number of carbonyl (C=O) groups is 4. The zero-order valence-corrected chi connectivity index (χ0v) is 25.8. The molecule has 1 rings (SSSR count). The van der Waals surface area contributed by atoms with Gasteiger partial charge in [-0.25, -0.2) is 4.68 Å². The number of carbonyl (C=O) groups excluding carboxylic acids is 4. The van der Waals surface area contributed by atoms with E-state index in [1.807, 2.05) is 27.7 Å². The summed E-state index contributed by atoms with van der Waals surface area (Å²) in [6, 6.07) is -0.343. The Kier molecular flexibility index (Phi) is 19.0. The number of nitrogens with zero attached hydrogens (tertiary/aromatic N) is 3. The van der Waals surface area contributed by atoms with Crippen LogP contribution in [0.1, 0.15) is 84.8 Å². The van der Waals surface area contributed by atoms with Gasteiger partial charge in [-0.1, -0.05) is 32.9 Å². The predicted molar refractivity (Wildman–Crippen MR) is 160 cm³/mol. The topological polar surface area (TPSA) is 208 Å². The monoisotopic (exact) mass is 595 g/mol. The molecule has 0 saturated heterocycles. The van der Waals surface area contributed by atoms with E-state index in [2.05, 4.69) is 31.6 Å². The summed E-state index contributed by atoms with van der Waals surface area (Å²) in [5.74, 6) is -0.853. The molecule has 14 heteroatoms. The Hall–Kier alpha value is -3.10. The van der Waals surface area contributed by atoms with Crippen LogP contribution in [0.4, 0.5) is 0 Å². The largest absolute Gasteiger partial charge is 0.379 e. The summed E-state index contributed by atoms with van der Waals surface area (Å²) in [6.45, 7) is 10.1. The second-order valence-corrected chi connectivity index (χ2v) is 11.1. The third kappa shape index (κ3) is 18.4. The van der Waals surface area contributed by atoms with E-state index in [-0.39, 0.29) is 54.2 Å². The fraction of sp³-hybridized carbons (Fsp3) is 0.786. The Morgan fingerprint density at radius 3 is 1.83 bits per heavy atom. The van der Waals surface area contributed by atoms with Crippen LogP contribution in [0.15, 0.2) is 6.20 Å². The highest BCUT2D eigenvalue weighted by Gasteiger charge is 2.16. The molecule has 0 aliphatic rings. The van der Waals surface area contributed by atoms with Gasteiger partial charge >= 0.3 is 0 Å². The molecule has 1 heterocycles. The molecule has 0 aliphatic carbocycles. The SMILES string of the molecule is CC(C)NC(CCCCNC(=O)CCOCCn1cc(CCC(=O)NCCCCC(NC(C)C)C(N)=O)nn1)C(N)=O. The molecule has 2 unspecified atom stereocenters. The highest BCUT2D eigenvalue weighted by Crippen LogP contribution is 2.04. The number of aryl methyl sites for hydroxylation is 1. The van der Waals surface area contributed by atoms with Gasteiger partial charge in [0.1, 0.15) is 0 Å². The number of rotatable bonds is 25. The highest BCUT2D eigenvalue weighted by molar-refractivity contribution is 5.80. The van der Waals surface area contributed by atoms with E-state index in [9.17, 15) is 19.2 Å². The maximum atomic E-state index is 12.1. The molecular weight excluding hydrogens is 542 g/mol. The van der Waals surface area contributed by atoms with Crippen LogP contribution in [0, 0.1) is 0 Å². The lowest BCUT2D eigenvalue weighted by Gasteiger charge is -2.18. The highest BCUT2D eigenvalue weighted by atomic mass is 16.5. The standard InChI is InChI=1S/C28H53N9O5/c1-20(2)33-23(27(29)40)9-5-7-14-31-25(38)12-11-22-19-37(36-35-22)16-18-42-17-13-26(39)32-15-8-6-10-24(28(30)41)34-21(3)4/h19-21,23-24,33-34H,5-18H2,1-4H3,(H2,29,40)(H2,30,41)(H,31,38)(H,32,39). The Balaban J connectivity index is 2.09. The van der Waals surface area contributed by atoms with Crippen LogP contribution in [0.3, 0.4) is 0 Å². The first kappa shape index (κ1) is 36.9. The van der Waals surface area contributed by atoms with Gasteiger partial charge in [0.25, 0.3) is 0 Å². The van der Waals surface area contributed by atoms with Crippen LogP contribution >= 0.6 is 0 Å². The predicted octanol–water partition coefficient (Wildman–Crippen LogP) is -0.106. The summed E-state index contributed by atoms with van der Waals surface area (Å²) in [5, 5.41) is 20.2. The minimum atomic E-state index is -0.356.